The maximum atomic E-state index is 13.0. The van der Waals surface area contributed by atoms with Gasteiger partial charge >= 0.3 is 5.97 Å². The molecule has 0 amide bonds. The molecule has 150 valence electrons. The number of hydrogen-bond acceptors (Lipinski definition) is 6. The first-order valence-corrected chi connectivity index (χ1v) is 9.22. The lowest BCUT2D eigenvalue weighted by atomic mass is 9.90. The Bertz CT molecular complexity index is 1140. The van der Waals surface area contributed by atoms with E-state index >= 15 is 0 Å². The lowest BCUT2D eigenvalue weighted by Gasteiger charge is -2.14. The van der Waals surface area contributed by atoms with Crippen molar-refractivity contribution in [2.45, 2.75) is 6.92 Å². The van der Waals surface area contributed by atoms with Crippen molar-refractivity contribution in [1.82, 2.24) is 0 Å². The van der Waals surface area contributed by atoms with Crippen LogP contribution in [0.4, 0.5) is 0 Å². The van der Waals surface area contributed by atoms with Crippen LogP contribution in [0.3, 0.4) is 0 Å². The number of benzene rings is 3. The monoisotopic (exact) mass is 401 g/mol. The number of methoxy groups -OCH3 is 1. The van der Waals surface area contributed by atoms with Gasteiger partial charge in [-0.15, -0.1) is 0 Å². The summed E-state index contributed by atoms with van der Waals surface area (Å²) in [5.41, 5.74) is 1.40. The lowest BCUT2D eigenvalue weighted by molar-refractivity contribution is 0.0527. The van der Waals surface area contributed by atoms with Crippen molar-refractivity contribution in [2.24, 2.45) is 0 Å². The number of para-hydroxylation sites is 1. The SMILES string of the molecule is CCOC(=O)c1cc(C(=O)c2ccccc2O)cc(C#N)c1-c1ccc(OC)cc1. The second-order valence-corrected chi connectivity index (χ2v) is 6.35. The predicted molar refractivity (Wildman–Crippen MR) is 111 cm³/mol. The van der Waals surface area contributed by atoms with Crippen LogP contribution in [0.25, 0.3) is 11.1 Å². The largest absolute Gasteiger partial charge is 0.507 e. The molecule has 6 nitrogen and oxygen atoms in total. The Morgan fingerprint density at radius 2 is 1.73 bits per heavy atom. The van der Waals surface area contributed by atoms with Gasteiger partial charge in [0.25, 0.3) is 0 Å². The molecule has 0 radical (unpaired) electrons. The van der Waals surface area contributed by atoms with E-state index in [4.69, 9.17) is 9.47 Å². The van der Waals surface area contributed by atoms with Gasteiger partial charge in [-0.1, -0.05) is 24.3 Å². The molecule has 0 heterocycles. The summed E-state index contributed by atoms with van der Waals surface area (Å²) in [6.45, 7) is 1.81. The lowest BCUT2D eigenvalue weighted by Crippen LogP contribution is -2.11. The van der Waals surface area contributed by atoms with Crippen molar-refractivity contribution in [3.8, 4) is 28.7 Å². The van der Waals surface area contributed by atoms with Gasteiger partial charge in [-0.25, -0.2) is 4.79 Å². The fraction of sp³-hybridized carbons (Fsp3) is 0.125. The Labute approximate surface area is 173 Å². The van der Waals surface area contributed by atoms with Gasteiger partial charge < -0.3 is 14.6 Å². The first-order valence-electron chi connectivity index (χ1n) is 9.22. The van der Waals surface area contributed by atoms with Crippen LogP contribution in [-0.4, -0.2) is 30.6 Å². The summed E-state index contributed by atoms with van der Waals surface area (Å²) in [6, 6.07) is 17.9. The van der Waals surface area contributed by atoms with Crippen LogP contribution < -0.4 is 4.74 Å². The third-order valence-corrected chi connectivity index (χ3v) is 4.54. The molecule has 0 spiro atoms. The van der Waals surface area contributed by atoms with Crippen molar-refractivity contribution in [2.75, 3.05) is 13.7 Å². The van der Waals surface area contributed by atoms with E-state index in [2.05, 4.69) is 6.07 Å². The van der Waals surface area contributed by atoms with E-state index in [-0.39, 0.29) is 34.6 Å². The third kappa shape index (κ3) is 4.01. The number of phenols is 1. The molecule has 0 aromatic heterocycles. The molecule has 0 aliphatic rings. The number of rotatable bonds is 6. The summed E-state index contributed by atoms with van der Waals surface area (Å²) in [7, 11) is 1.54. The summed E-state index contributed by atoms with van der Waals surface area (Å²) < 4.78 is 10.3. The second-order valence-electron chi connectivity index (χ2n) is 6.35. The number of aromatic hydroxyl groups is 1. The summed E-state index contributed by atoms with van der Waals surface area (Å²) >= 11 is 0. The Morgan fingerprint density at radius 1 is 1.03 bits per heavy atom. The Hall–Kier alpha value is -4.11. The Kier molecular flexibility index (Phi) is 6.14. The highest BCUT2D eigenvalue weighted by Gasteiger charge is 2.23. The minimum atomic E-state index is -0.647. The maximum absolute atomic E-state index is 13.0. The molecule has 1 N–H and O–H groups in total. The Balaban J connectivity index is 2.22. The third-order valence-electron chi connectivity index (χ3n) is 4.54. The molecule has 0 saturated carbocycles. The molecule has 0 fully saturated rings. The van der Waals surface area contributed by atoms with Crippen LogP contribution >= 0.6 is 0 Å². The fourth-order valence-electron chi connectivity index (χ4n) is 3.12. The fourth-order valence-corrected chi connectivity index (χ4v) is 3.12. The van der Waals surface area contributed by atoms with Gasteiger partial charge in [0, 0.05) is 11.1 Å². The van der Waals surface area contributed by atoms with Crippen LogP contribution in [0.1, 0.15) is 38.8 Å². The quantitative estimate of drug-likeness (QED) is 0.487. The molecule has 0 saturated heterocycles. The zero-order valence-corrected chi connectivity index (χ0v) is 16.5. The molecular formula is C24H19NO5. The Morgan fingerprint density at radius 3 is 2.33 bits per heavy atom. The standard InChI is InChI=1S/C24H19NO5/c1-3-30-24(28)20-13-16(23(27)19-6-4-5-7-21(19)26)12-17(14-25)22(20)15-8-10-18(29-2)11-9-15/h4-13,26H,3H2,1-2H3. The van der Waals surface area contributed by atoms with Crippen LogP contribution in [0.2, 0.25) is 0 Å². The number of nitriles is 1. The highest BCUT2D eigenvalue weighted by Crippen LogP contribution is 2.32. The van der Waals surface area contributed by atoms with Crippen molar-refractivity contribution < 1.29 is 24.2 Å². The molecule has 6 heteroatoms. The van der Waals surface area contributed by atoms with Crippen LogP contribution in [0.5, 0.6) is 11.5 Å². The van der Waals surface area contributed by atoms with Gasteiger partial charge in [-0.3, -0.25) is 4.79 Å². The number of ether oxygens (including phenoxy) is 2. The van der Waals surface area contributed by atoms with Crippen molar-refractivity contribution in [1.29, 1.82) is 5.26 Å². The summed E-state index contributed by atoms with van der Waals surface area (Å²) in [5, 5.41) is 19.8. The van der Waals surface area contributed by atoms with E-state index in [9.17, 15) is 20.0 Å². The summed E-state index contributed by atoms with van der Waals surface area (Å²) in [6.07, 6.45) is 0. The first kappa shape index (κ1) is 20.6. The molecule has 0 unspecified atom stereocenters. The average Bonchev–Trinajstić information content (AvgIpc) is 2.78. The smallest absolute Gasteiger partial charge is 0.338 e. The number of hydrogen-bond donors (Lipinski definition) is 1. The van der Waals surface area contributed by atoms with E-state index in [1.165, 1.54) is 24.3 Å². The molecule has 3 aromatic rings. The highest BCUT2D eigenvalue weighted by atomic mass is 16.5. The topological polar surface area (TPSA) is 96.6 Å². The predicted octanol–water partition coefficient (Wildman–Crippen LogP) is 4.35. The van der Waals surface area contributed by atoms with Crippen LogP contribution in [-0.2, 0) is 4.74 Å². The van der Waals surface area contributed by atoms with Gasteiger partial charge in [-0.2, -0.15) is 5.26 Å². The zero-order chi connectivity index (χ0) is 21.7. The number of phenolic OH excluding ortho intramolecular Hbond substituents is 1. The molecular weight excluding hydrogens is 382 g/mol. The molecule has 0 bridgehead atoms. The minimum Gasteiger partial charge on any atom is -0.507 e. The number of carbonyl (C=O) groups excluding carboxylic acids is 2. The summed E-state index contributed by atoms with van der Waals surface area (Å²) in [4.78, 5) is 25.7. The maximum Gasteiger partial charge on any atom is 0.338 e. The second kappa shape index (κ2) is 8.93. The van der Waals surface area contributed by atoms with Crippen molar-refractivity contribution in [3.63, 3.8) is 0 Å². The van der Waals surface area contributed by atoms with Crippen LogP contribution in [0, 0.1) is 11.3 Å². The number of ketones is 1. The molecule has 0 atom stereocenters. The van der Waals surface area contributed by atoms with Gasteiger partial charge in [0.1, 0.15) is 11.5 Å². The van der Waals surface area contributed by atoms with E-state index in [1.807, 2.05) is 0 Å². The van der Waals surface area contributed by atoms with Crippen LogP contribution in [0.15, 0.2) is 60.7 Å². The number of esters is 1. The van der Waals surface area contributed by atoms with E-state index in [1.54, 1.807) is 50.4 Å². The van der Waals surface area contributed by atoms with E-state index < -0.39 is 11.8 Å². The van der Waals surface area contributed by atoms with Crippen molar-refractivity contribution >= 4 is 11.8 Å². The zero-order valence-electron chi connectivity index (χ0n) is 16.5. The molecule has 30 heavy (non-hydrogen) atoms. The van der Waals surface area contributed by atoms with Gasteiger partial charge in [0.05, 0.1) is 36.5 Å². The van der Waals surface area contributed by atoms with Gasteiger partial charge in [0.2, 0.25) is 0 Å². The average molecular weight is 401 g/mol. The molecule has 0 aliphatic carbocycles. The van der Waals surface area contributed by atoms with Gasteiger partial charge in [-0.05, 0) is 48.9 Å². The minimum absolute atomic E-state index is 0.0772. The summed E-state index contributed by atoms with van der Waals surface area (Å²) in [5.74, 6) is -0.706. The highest BCUT2D eigenvalue weighted by molar-refractivity contribution is 6.13. The first-order chi connectivity index (χ1) is 14.5. The van der Waals surface area contributed by atoms with Gasteiger partial charge in [0.15, 0.2) is 5.78 Å². The van der Waals surface area contributed by atoms with E-state index in [0.29, 0.717) is 16.9 Å². The molecule has 3 aromatic carbocycles. The van der Waals surface area contributed by atoms with Crippen molar-refractivity contribution in [3.05, 3.63) is 82.9 Å². The molecule has 0 aliphatic heterocycles. The number of nitrogens with zero attached hydrogens (tertiary/aromatic N) is 1. The number of carbonyl (C=O) groups is 2. The normalized spacial score (nSPS) is 10.2. The van der Waals surface area contributed by atoms with E-state index in [0.717, 1.165) is 0 Å². The molecule has 3 rings (SSSR count).